The summed E-state index contributed by atoms with van der Waals surface area (Å²) in [6, 6.07) is 4.96. The van der Waals surface area contributed by atoms with Crippen molar-refractivity contribution < 1.29 is 23.8 Å². The Hall–Kier alpha value is -2.24. The van der Waals surface area contributed by atoms with Crippen LogP contribution in [0.15, 0.2) is 18.2 Å². The minimum atomic E-state index is -1.05. The molecule has 1 aliphatic heterocycles. The second kappa shape index (κ2) is 6.68. The Morgan fingerprint density at radius 2 is 1.95 bits per heavy atom. The Morgan fingerprint density at radius 3 is 2.59 bits per heavy atom. The van der Waals surface area contributed by atoms with Crippen LogP contribution in [0.25, 0.3) is 0 Å². The first-order valence-corrected chi connectivity index (χ1v) is 7.30. The maximum Gasteiger partial charge on any atom is 0.331 e. The number of esters is 1. The van der Waals surface area contributed by atoms with E-state index in [1.165, 1.54) is 7.11 Å². The van der Waals surface area contributed by atoms with E-state index in [1.54, 1.807) is 25.1 Å². The van der Waals surface area contributed by atoms with Gasteiger partial charge in [0.1, 0.15) is 18.8 Å². The molecule has 0 bridgehead atoms. The minimum absolute atomic E-state index is 0.349. The van der Waals surface area contributed by atoms with Crippen molar-refractivity contribution in [1.29, 1.82) is 0 Å². The van der Waals surface area contributed by atoms with Gasteiger partial charge in [0.2, 0.25) is 0 Å². The third-order valence-corrected chi connectivity index (χ3v) is 3.58. The van der Waals surface area contributed by atoms with Crippen LogP contribution in [-0.4, -0.2) is 37.7 Å². The highest BCUT2D eigenvalue weighted by Crippen LogP contribution is 2.31. The number of hydrogen-bond donors (Lipinski definition) is 1. The van der Waals surface area contributed by atoms with Gasteiger partial charge >= 0.3 is 5.97 Å². The summed E-state index contributed by atoms with van der Waals surface area (Å²) in [5.74, 6) is 0.347. The third kappa shape index (κ3) is 3.32. The Labute approximate surface area is 129 Å². The van der Waals surface area contributed by atoms with Crippen molar-refractivity contribution >= 4 is 11.9 Å². The molecule has 1 heterocycles. The minimum Gasteiger partial charge on any atom is -0.486 e. The van der Waals surface area contributed by atoms with Crippen LogP contribution in [-0.2, 0) is 9.53 Å². The molecule has 2 rings (SSSR count). The fourth-order valence-corrected chi connectivity index (χ4v) is 2.45. The molecule has 0 fully saturated rings. The standard InChI is InChI=1S/C16H21NO5/c1-4-7-16(2,15(19)20-3)17-14(18)11-5-6-12-13(10-11)22-9-8-21-12/h5-6,10H,4,7-9H2,1-3H3,(H,17,18). The van der Waals surface area contributed by atoms with E-state index in [4.69, 9.17) is 14.2 Å². The van der Waals surface area contributed by atoms with E-state index in [9.17, 15) is 9.59 Å². The van der Waals surface area contributed by atoms with Gasteiger partial charge in [-0.25, -0.2) is 4.79 Å². The average Bonchev–Trinajstić information content (AvgIpc) is 2.53. The molecule has 6 nitrogen and oxygen atoms in total. The zero-order chi connectivity index (χ0) is 16.2. The number of carbonyl (C=O) groups excluding carboxylic acids is 2. The van der Waals surface area contributed by atoms with Crippen molar-refractivity contribution in [2.75, 3.05) is 20.3 Å². The number of fused-ring (bicyclic) bond motifs is 1. The maximum absolute atomic E-state index is 12.4. The van der Waals surface area contributed by atoms with E-state index in [-0.39, 0.29) is 5.91 Å². The van der Waals surface area contributed by atoms with Gasteiger partial charge in [-0.1, -0.05) is 13.3 Å². The zero-order valence-corrected chi connectivity index (χ0v) is 13.1. The molecule has 1 N–H and O–H groups in total. The normalized spacial score (nSPS) is 15.6. The number of methoxy groups -OCH3 is 1. The molecule has 1 unspecified atom stereocenters. The highest BCUT2D eigenvalue weighted by Gasteiger charge is 2.35. The van der Waals surface area contributed by atoms with Crippen molar-refractivity contribution in [3.05, 3.63) is 23.8 Å². The van der Waals surface area contributed by atoms with Crippen molar-refractivity contribution in [2.24, 2.45) is 0 Å². The first-order chi connectivity index (χ1) is 10.5. The van der Waals surface area contributed by atoms with Gasteiger partial charge in [-0.3, -0.25) is 4.79 Å². The molecule has 0 saturated heterocycles. The molecule has 0 radical (unpaired) electrons. The predicted molar refractivity (Wildman–Crippen MR) is 80.2 cm³/mol. The van der Waals surface area contributed by atoms with Crippen LogP contribution in [0.1, 0.15) is 37.0 Å². The van der Waals surface area contributed by atoms with Crippen LogP contribution < -0.4 is 14.8 Å². The first kappa shape index (κ1) is 16.1. The first-order valence-electron chi connectivity index (χ1n) is 7.30. The summed E-state index contributed by atoms with van der Waals surface area (Å²) in [5.41, 5.74) is -0.635. The summed E-state index contributed by atoms with van der Waals surface area (Å²) in [6.07, 6.45) is 1.24. The molecule has 0 saturated carbocycles. The van der Waals surface area contributed by atoms with Gasteiger partial charge in [0.15, 0.2) is 11.5 Å². The summed E-state index contributed by atoms with van der Waals surface area (Å²) in [7, 11) is 1.31. The van der Waals surface area contributed by atoms with Gasteiger partial charge in [0.25, 0.3) is 5.91 Å². The van der Waals surface area contributed by atoms with E-state index in [0.29, 0.717) is 36.7 Å². The Kier molecular flexibility index (Phi) is 4.90. The highest BCUT2D eigenvalue weighted by atomic mass is 16.6. The fourth-order valence-electron chi connectivity index (χ4n) is 2.45. The lowest BCUT2D eigenvalue weighted by atomic mass is 9.95. The smallest absolute Gasteiger partial charge is 0.331 e. The lowest BCUT2D eigenvalue weighted by Gasteiger charge is -2.27. The van der Waals surface area contributed by atoms with Crippen LogP contribution >= 0.6 is 0 Å². The lowest BCUT2D eigenvalue weighted by molar-refractivity contribution is -0.147. The van der Waals surface area contributed by atoms with Gasteiger partial charge in [-0.2, -0.15) is 0 Å². The number of hydrogen-bond acceptors (Lipinski definition) is 5. The number of rotatable bonds is 5. The molecular weight excluding hydrogens is 286 g/mol. The third-order valence-electron chi connectivity index (χ3n) is 3.58. The topological polar surface area (TPSA) is 73.9 Å². The van der Waals surface area contributed by atoms with Crippen molar-refractivity contribution in [3.63, 3.8) is 0 Å². The maximum atomic E-state index is 12.4. The summed E-state index contributed by atoms with van der Waals surface area (Å²) in [4.78, 5) is 24.4. The Morgan fingerprint density at radius 1 is 1.27 bits per heavy atom. The van der Waals surface area contributed by atoms with Crippen LogP contribution in [0.2, 0.25) is 0 Å². The van der Waals surface area contributed by atoms with Crippen LogP contribution in [0.5, 0.6) is 11.5 Å². The van der Waals surface area contributed by atoms with Crippen LogP contribution in [0.3, 0.4) is 0 Å². The van der Waals surface area contributed by atoms with Gasteiger partial charge in [-0.15, -0.1) is 0 Å². The molecule has 1 aliphatic rings. The number of ether oxygens (including phenoxy) is 3. The molecular formula is C16H21NO5. The molecule has 6 heteroatoms. The van der Waals surface area contributed by atoms with Gasteiger partial charge in [0, 0.05) is 5.56 Å². The SMILES string of the molecule is CCCC(C)(NC(=O)c1ccc2c(c1)OCCO2)C(=O)OC. The summed E-state index contributed by atoms with van der Waals surface area (Å²) < 4.78 is 15.7. The Bertz CT molecular complexity index is 572. The van der Waals surface area contributed by atoms with E-state index in [2.05, 4.69) is 5.32 Å². The second-order valence-electron chi connectivity index (χ2n) is 5.39. The molecule has 0 aliphatic carbocycles. The average molecular weight is 307 g/mol. The zero-order valence-electron chi connectivity index (χ0n) is 13.1. The summed E-state index contributed by atoms with van der Waals surface area (Å²) in [5, 5.41) is 2.76. The summed E-state index contributed by atoms with van der Waals surface area (Å²) in [6.45, 7) is 4.55. The van der Waals surface area contributed by atoms with Crippen molar-refractivity contribution in [3.8, 4) is 11.5 Å². The van der Waals surface area contributed by atoms with Gasteiger partial charge < -0.3 is 19.5 Å². The van der Waals surface area contributed by atoms with Crippen molar-refractivity contribution in [2.45, 2.75) is 32.2 Å². The van der Waals surface area contributed by atoms with Crippen LogP contribution in [0.4, 0.5) is 0 Å². The van der Waals surface area contributed by atoms with Crippen LogP contribution in [0, 0.1) is 0 Å². The number of amides is 1. The Balaban J connectivity index is 2.18. The lowest BCUT2D eigenvalue weighted by Crippen LogP contribution is -2.52. The fraction of sp³-hybridized carbons (Fsp3) is 0.500. The number of benzene rings is 1. The van der Waals surface area contributed by atoms with E-state index in [0.717, 1.165) is 6.42 Å². The molecule has 1 aromatic carbocycles. The predicted octanol–water partition coefficient (Wildman–Crippen LogP) is 1.92. The number of nitrogens with one attached hydrogen (secondary N) is 1. The van der Waals surface area contributed by atoms with E-state index in [1.807, 2.05) is 6.92 Å². The van der Waals surface area contributed by atoms with Gasteiger partial charge in [0.05, 0.1) is 7.11 Å². The van der Waals surface area contributed by atoms with E-state index < -0.39 is 11.5 Å². The molecule has 1 atom stereocenters. The highest BCUT2D eigenvalue weighted by molar-refractivity contribution is 5.98. The second-order valence-corrected chi connectivity index (χ2v) is 5.39. The molecule has 0 aromatic heterocycles. The molecule has 22 heavy (non-hydrogen) atoms. The molecule has 1 amide bonds. The van der Waals surface area contributed by atoms with Gasteiger partial charge in [-0.05, 0) is 31.5 Å². The van der Waals surface area contributed by atoms with E-state index >= 15 is 0 Å². The van der Waals surface area contributed by atoms with Crippen molar-refractivity contribution in [1.82, 2.24) is 5.32 Å². The number of carbonyl (C=O) groups is 2. The quantitative estimate of drug-likeness (QED) is 0.841. The summed E-state index contributed by atoms with van der Waals surface area (Å²) >= 11 is 0. The molecule has 120 valence electrons. The largest absolute Gasteiger partial charge is 0.486 e. The molecule has 0 spiro atoms. The molecule has 1 aromatic rings. The monoisotopic (exact) mass is 307 g/mol.